The zero-order valence-corrected chi connectivity index (χ0v) is 4.46. The molecule has 1 aromatic rings. The lowest BCUT2D eigenvalue weighted by Gasteiger charge is -1.94. The zero-order chi connectivity index (χ0) is 5.82. The van der Waals surface area contributed by atoms with Crippen LogP contribution in [0.3, 0.4) is 0 Å². The molecule has 0 saturated heterocycles. The molecule has 0 fully saturated rings. The molecular weight excluding hydrogens is 96.9 g/mol. The highest BCUT2D eigenvalue weighted by Crippen LogP contribution is 2.01. The summed E-state index contributed by atoms with van der Waals surface area (Å²) < 4.78 is 0. The van der Waals surface area contributed by atoms with Crippen molar-refractivity contribution in [1.82, 2.24) is 0 Å². The Morgan fingerprint density at radius 3 is 2.12 bits per heavy atom. The van der Waals surface area contributed by atoms with Gasteiger partial charge in [0.25, 0.3) is 0 Å². The van der Waals surface area contributed by atoms with Crippen molar-refractivity contribution < 1.29 is 0 Å². The first kappa shape index (κ1) is 5.23. The molecule has 0 aliphatic rings. The van der Waals surface area contributed by atoms with E-state index in [0.717, 1.165) is 5.69 Å². The summed E-state index contributed by atoms with van der Waals surface area (Å²) >= 11 is 0. The SMILES string of the molecule is [B]Nc1ccccc1. The first-order valence-electron chi connectivity index (χ1n) is 2.45. The lowest BCUT2D eigenvalue weighted by atomic mass is 10.3. The molecule has 38 valence electrons. The van der Waals surface area contributed by atoms with Crippen LogP contribution in [-0.4, -0.2) is 7.98 Å². The van der Waals surface area contributed by atoms with Gasteiger partial charge in [-0.25, -0.2) is 0 Å². The van der Waals surface area contributed by atoms with E-state index < -0.39 is 0 Å². The van der Waals surface area contributed by atoms with Crippen LogP contribution in [-0.2, 0) is 0 Å². The Kier molecular flexibility index (Phi) is 1.57. The summed E-state index contributed by atoms with van der Waals surface area (Å²) in [5, 5.41) is 2.53. The Labute approximate surface area is 50.2 Å². The van der Waals surface area contributed by atoms with Gasteiger partial charge < -0.3 is 5.23 Å². The molecule has 0 atom stereocenters. The molecule has 0 amide bonds. The molecule has 0 aromatic heterocycles. The molecule has 0 saturated carbocycles. The Hall–Kier alpha value is -0.915. The summed E-state index contributed by atoms with van der Waals surface area (Å²) in [7, 11) is 5.10. The largest absolute Gasteiger partial charge is 0.437 e. The topological polar surface area (TPSA) is 12.0 Å². The minimum Gasteiger partial charge on any atom is -0.437 e. The van der Waals surface area contributed by atoms with Gasteiger partial charge in [0.05, 0.1) is 0 Å². The van der Waals surface area contributed by atoms with E-state index >= 15 is 0 Å². The fourth-order valence-electron chi connectivity index (χ4n) is 0.534. The van der Waals surface area contributed by atoms with E-state index in [1.54, 1.807) is 0 Å². The molecule has 0 heterocycles. The average molecular weight is 103 g/mol. The summed E-state index contributed by atoms with van der Waals surface area (Å²) in [5.74, 6) is 0. The molecule has 2 heteroatoms. The average Bonchev–Trinajstić information content (AvgIpc) is 1.90. The fourth-order valence-corrected chi connectivity index (χ4v) is 0.534. The standard InChI is InChI=1S/C6H6BN/c7-8-6-4-2-1-3-5-6/h1-5,8H. The van der Waals surface area contributed by atoms with Crippen molar-refractivity contribution in [1.29, 1.82) is 0 Å². The third kappa shape index (κ3) is 1.03. The summed E-state index contributed by atoms with van der Waals surface area (Å²) in [4.78, 5) is 0. The lowest BCUT2D eigenvalue weighted by Crippen LogP contribution is -1.87. The molecule has 1 aromatic carbocycles. The quantitative estimate of drug-likeness (QED) is 0.526. The van der Waals surface area contributed by atoms with Crippen LogP contribution in [0.4, 0.5) is 5.69 Å². The number of anilines is 1. The van der Waals surface area contributed by atoms with Crippen LogP contribution in [0.15, 0.2) is 30.3 Å². The third-order valence-electron chi connectivity index (χ3n) is 0.940. The van der Waals surface area contributed by atoms with Crippen LogP contribution in [0, 0.1) is 0 Å². The van der Waals surface area contributed by atoms with E-state index in [-0.39, 0.29) is 0 Å². The fraction of sp³-hybridized carbons (Fsp3) is 0. The van der Waals surface area contributed by atoms with Crippen molar-refractivity contribution in [3.05, 3.63) is 30.3 Å². The second kappa shape index (κ2) is 2.41. The Morgan fingerprint density at radius 2 is 1.75 bits per heavy atom. The van der Waals surface area contributed by atoms with Gasteiger partial charge in [-0.2, -0.15) is 0 Å². The third-order valence-corrected chi connectivity index (χ3v) is 0.940. The van der Waals surface area contributed by atoms with Crippen LogP contribution in [0.2, 0.25) is 0 Å². The van der Waals surface area contributed by atoms with Crippen molar-refractivity contribution in [2.45, 2.75) is 0 Å². The monoisotopic (exact) mass is 103 g/mol. The maximum atomic E-state index is 5.10. The summed E-state index contributed by atoms with van der Waals surface area (Å²) in [5.41, 5.74) is 0.938. The van der Waals surface area contributed by atoms with Crippen molar-refractivity contribution >= 4 is 13.7 Å². The molecule has 1 rings (SSSR count). The summed E-state index contributed by atoms with van der Waals surface area (Å²) in [6.45, 7) is 0. The van der Waals surface area contributed by atoms with E-state index in [1.807, 2.05) is 30.3 Å². The lowest BCUT2D eigenvalue weighted by molar-refractivity contribution is 1.68. The van der Waals surface area contributed by atoms with E-state index in [1.165, 1.54) is 0 Å². The predicted octanol–water partition coefficient (Wildman–Crippen LogP) is 1.18. The molecule has 0 unspecified atom stereocenters. The zero-order valence-electron chi connectivity index (χ0n) is 4.46. The van der Waals surface area contributed by atoms with Crippen LogP contribution in [0.5, 0.6) is 0 Å². The predicted molar refractivity (Wildman–Crippen MR) is 35.8 cm³/mol. The second-order valence-corrected chi connectivity index (χ2v) is 1.51. The Balaban J connectivity index is 2.83. The molecule has 1 N–H and O–H groups in total. The van der Waals surface area contributed by atoms with Crippen molar-refractivity contribution in [2.24, 2.45) is 0 Å². The van der Waals surface area contributed by atoms with Gasteiger partial charge in [-0.1, -0.05) is 18.2 Å². The van der Waals surface area contributed by atoms with Gasteiger partial charge in [0.15, 0.2) is 0 Å². The molecule has 0 bridgehead atoms. The molecule has 0 aliphatic heterocycles. The molecule has 1 nitrogen and oxygen atoms in total. The van der Waals surface area contributed by atoms with Gasteiger partial charge in [-0.05, 0) is 12.1 Å². The minimum atomic E-state index is 0.938. The second-order valence-electron chi connectivity index (χ2n) is 1.51. The van der Waals surface area contributed by atoms with Gasteiger partial charge in [-0.3, -0.25) is 0 Å². The highest BCUT2D eigenvalue weighted by molar-refractivity contribution is 6.15. The molecular formula is C6H6BN. The van der Waals surface area contributed by atoms with Crippen molar-refractivity contribution in [2.75, 3.05) is 5.23 Å². The van der Waals surface area contributed by atoms with Crippen molar-refractivity contribution in [3.63, 3.8) is 0 Å². The smallest absolute Gasteiger partial charge is 0.222 e. The number of benzene rings is 1. The van der Waals surface area contributed by atoms with Crippen LogP contribution >= 0.6 is 0 Å². The highest BCUT2D eigenvalue weighted by atomic mass is 14.7. The van der Waals surface area contributed by atoms with E-state index in [4.69, 9.17) is 7.98 Å². The number of rotatable bonds is 1. The van der Waals surface area contributed by atoms with E-state index in [9.17, 15) is 0 Å². The van der Waals surface area contributed by atoms with Gasteiger partial charge in [0.1, 0.15) is 0 Å². The number of hydrogen-bond donors (Lipinski definition) is 1. The van der Waals surface area contributed by atoms with Gasteiger partial charge in [0.2, 0.25) is 7.98 Å². The number of para-hydroxylation sites is 1. The molecule has 2 radical (unpaired) electrons. The van der Waals surface area contributed by atoms with E-state index in [2.05, 4.69) is 5.23 Å². The first-order chi connectivity index (χ1) is 3.93. The maximum absolute atomic E-state index is 5.10. The van der Waals surface area contributed by atoms with Gasteiger partial charge in [0, 0.05) is 5.69 Å². The van der Waals surface area contributed by atoms with Crippen molar-refractivity contribution in [3.8, 4) is 0 Å². The Morgan fingerprint density at radius 1 is 1.12 bits per heavy atom. The number of hydrogen-bond acceptors (Lipinski definition) is 1. The summed E-state index contributed by atoms with van der Waals surface area (Å²) in [6.07, 6.45) is 0. The van der Waals surface area contributed by atoms with Crippen LogP contribution < -0.4 is 5.23 Å². The molecule has 0 aliphatic carbocycles. The molecule has 0 spiro atoms. The van der Waals surface area contributed by atoms with Crippen LogP contribution in [0.25, 0.3) is 0 Å². The van der Waals surface area contributed by atoms with Crippen LogP contribution in [0.1, 0.15) is 0 Å². The summed E-state index contributed by atoms with van der Waals surface area (Å²) in [6, 6.07) is 9.60. The normalized spacial score (nSPS) is 8.50. The molecule has 8 heavy (non-hydrogen) atoms. The Bertz CT molecular complexity index is 150. The minimum absolute atomic E-state index is 0.938. The van der Waals surface area contributed by atoms with Gasteiger partial charge in [-0.15, -0.1) is 0 Å². The van der Waals surface area contributed by atoms with E-state index in [0.29, 0.717) is 0 Å². The maximum Gasteiger partial charge on any atom is 0.222 e. The highest BCUT2D eigenvalue weighted by Gasteiger charge is 1.77. The number of nitrogens with one attached hydrogen (secondary N) is 1. The first-order valence-corrected chi connectivity index (χ1v) is 2.45. The van der Waals surface area contributed by atoms with Gasteiger partial charge >= 0.3 is 0 Å².